The third-order valence-corrected chi connectivity index (χ3v) is 9.44. The van der Waals surface area contributed by atoms with E-state index in [1.807, 2.05) is 22.7 Å². The fraction of sp³-hybridized carbons (Fsp3) is 0. The van der Waals surface area contributed by atoms with E-state index in [-0.39, 0.29) is 0 Å². The van der Waals surface area contributed by atoms with Gasteiger partial charge in [-0.3, -0.25) is 8.80 Å². The summed E-state index contributed by atoms with van der Waals surface area (Å²) in [6, 6.07) is 34.3. The molecule has 9 aromatic rings. The second kappa shape index (κ2) is 6.69. The molecule has 0 aliphatic rings. The van der Waals surface area contributed by atoms with Crippen LogP contribution in [0, 0.1) is 0 Å². The van der Waals surface area contributed by atoms with Gasteiger partial charge in [0, 0.05) is 20.2 Å². The molecule has 0 radical (unpaired) electrons. The third-order valence-electron chi connectivity index (χ3n) is 7.13. The van der Waals surface area contributed by atoms with Gasteiger partial charge in [0.1, 0.15) is 21.0 Å². The number of nitrogens with zero attached hydrogens (tertiary/aromatic N) is 4. The molecular formula is C30H16N4S2. The Morgan fingerprint density at radius 1 is 0.472 bits per heavy atom. The van der Waals surface area contributed by atoms with Crippen molar-refractivity contribution in [1.29, 1.82) is 0 Å². The van der Waals surface area contributed by atoms with Crippen molar-refractivity contribution in [2.75, 3.05) is 0 Å². The highest BCUT2D eigenvalue weighted by Crippen LogP contribution is 2.43. The van der Waals surface area contributed by atoms with Gasteiger partial charge in [-0.05, 0) is 36.4 Å². The van der Waals surface area contributed by atoms with Gasteiger partial charge in [-0.2, -0.15) is 0 Å². The quantitative estimate of drug-likeness (QED) is 0.211. The highest BCUT2D eigenvalue weighted by Gasteiger charge is 2.21. The molecule has 5 heterocycles. The summed E-state index contributed by atoms with van der Waals surface area (Å²) in [7, 11) is 0. The lowest BCUT2D eigenvalue weighted by atomic mass is 10.2. The molecule has 0 atom stereocenters. The second-order valence-electron chi connectivity index (χ2n) is 9.08. The van der Waals surface area contributed by atoms with Crippen LogP contribution in [0.2, 0.25) is 0 Å². The molecule has 0 saturated heterocycles. The molecule has 0 saturated carbocycles. The third kappa shape index (κ3) is 2.28. The Bertz CT molecular complexity index is 2010. The van der Waals surface area contributed by atoms with Crippen LogP contribution in [0.4, 0.5) is 0 Å². The number of imidazole rings is 2. The first kappa shape index (κ1) is 19.0. The molecule has 4 nitrogen and oxygen atoms in total. The van der Waals surface area contributed by atoms with Gasteiger partial charge in [0.2, 0.25) is 0 Å². The monoisotopic (exact) mass is 496 g/mol. The Morgan fingerprint density at radius 3 is 1.39 bits per heavy atom. The number of para-hydroxylation sites is 4. The van der Waals surface area contributed by atoms with E-state index in [1.165, 1.54) is 30.9 Å². The lowest BCUT2D eigenvalue weighted by Gasteiger charge is -2.03. The summed E-state index contributed by atoms with van der Waals surface area (Å²) in [4.78, 5) is 12.9. The van der Waals surface area contributed by atoms with Gasteiger partial charge in [-0.25, -0.2) is 9.97 Å². The zero-order chi connectivity index (χ0) is 23.4. The SMILES string of the molecule is c1ccc2c(c1)nc1c3c4ccccc4sc3n3c4ccccc4nc3c3c4ccccc4sc3n21. The minimum absolute atomic E-state index is 0.986. The lowest BCUT2D eigenvalue weighted by Crippen LogP contribution is -1.90. The molecule has 0 fully saturated rings. The Morgan fingerprint density at radius 2 is 0.889 bits per heavy atom. The Balaban J connectivity index is 1.79. The summed E-state index contributed by atoms with van der Waals surface area (Å²) >= 11 is 3.63. The number of rotatable bonds is 0. The van der Waals surface area contributed by atoms with Gasteiger partial charge in [-0.15, -0.1) is 22.7 Å². The van der Waals surface area contributed by atoms with Crippen molar-refractivity contribution >= 4 is 96.6 Å². The molecule has 0 aliphatic carbocycles. The van der Waals surface area contributed by atoms with E-state index in [0.29, 0.717) is 0 Å². The van der Waals surface area contributed by atoms with Crippen LogP contribution in [0.1, 0.15) is 0 Å². The molecule has 0 aliphatic heterocycles. The first-order valence-electron chi connectivity index (χ1n) is 11.9. The summed E-state index contributed by atoms with van der Waals surface area (Å²) in [5, 5.41) is 4.78. The maximum absolute atomic E-state index is 5.27. The van der Waals surface area contributed by atoms with Gasteiger partial charge in [0.05, 0.1) is 32.8 Å². The van der Waals surface area contributed by atoms with Crippen molar-refractivity contribution in [2.24, 2.45) is 0 Å². The Labute approximate surface area is 211 Å². The number of fused-ring (bicyclic) bond motifs is 16. The van der Waals surface area contributed by atoms with Crippen molar-refractivity contribution in [1.82, 2.24) is 18.8 Å². The molecule has 9 rings (SSSR count). The summed E-state index contributed by atoms with van der Waals surface area (Å²) in [5.41, 5.74) is 6.21. The van der Waals surface area contributed by atoms with Crippen molar-refractivity contribution in [2.45, 2.75) is 0 Å². The van der Waals surface area contributed by atoms with Gasteiger partial charge < -0.3 is 0 Å². The van der Waals surface area contributed by atoms with Crippen LogP contribution < -0.4 is 0 Å². The fourth-order valence-corrected chi connectivity index (χ4v) is 8.04. The Kier molecular flexibility index (Phi) is 3.53. The molecule has 4 aromatic carbocycles. The van der Waals surface area contributed by atoms with Gasteiger partial charge in [0.15, 0.2) is 0 Å². The van der Waals surface area contributed by atoms with E-state index in [9.17, 15) is 0 Å². The summed E-state index contributed by atoms with van der Waals surface area (Å²) in [6.07, 6.45) is 0. The van der Waals surface area contributed by atoms with Crippen molar-refractivity contribution in [3.63, 3.8) is 0 Å². The largest absolute Gasteiger partial charge is 0.283 e. The van der Waals surface area contributed by atoms with Gasteiger partial charge >= 0.3 is 0 Å². The van der Waals surface area contributed by atoms with Gasteiger partial charge in [-0.1, -0.05) is 60.7 Å². The van der Waals surface area contributed by atoms with Crippen LogP contribution in [0.15, 0.2) is 97.1 Å². The maximum Gasteiger partial charge on any atom is 0.150 e. The molecule has 0 bridgehead atoms. The van der Waals surface area contributed by atoms with E-state index in [1.54, 1.807) is 0 Å². The van der Waals surface area contributed by atoms with Crippen LogP contribution in [0.3, 0.4) is 0 Å². The topological polar surface area (TPSA) is 34.6 Å². The smallest absolute Gasteiger partial charge is 0.150 e. The molecule has 0 spiro atoms. The zero-order valence-corrected chi connectivity index (χ0v) is 20.5. The minimum Gasteiger partial charge on any atom is -0.283 e. The van der Waals surface area contributed by atoms with E-state index >= 15 is 0 Å². The van der Waals surface area contributed by atoms with E-state index in [2.05, 4.69) is 106 Å². The van der Waals surface area contributed by atoms with Crippen LogP contribution in [0.5, 0.6) is 0 Å². The molecule has 36 heavy (non-hydrogen) atoms. The molecule has 0 N–H and O–H groups in total. The van der Waals surface area contributed by atoms with Crippen LogP contribution in [-0.4, -0.2) is 18.8 Å². The molecular weight excluding hydrogens is 480 g/mol. The number of aromatic nitrogens is 4. The summed E-state index contributed by atoms with van der Waals surface area (Å²) < 4.78 is 7.24. The molecule has 5 aromatic heterocycles. The van der Waals surface area contributed by atoms with E-state index in [0.717, 1.165) is 43.0 Å². The van der Waals surface area contributed by atoms with Crippen LogP contribution >= 0.6 is 22.7 Å². The number of thiophene rings is 2. The predicted molar refractivity (Wildman–Crippen MR) is 154 cm³/mol. The highest BCUT2D eigenvalue weighted by molar-refractivity contribution is 7.26. The normalized spacial score (nSPS) is 12.4. The predicted octanol–water partition coefficient (Wildman–Crippen LogP) is 8.59. The van der Waals surface area contributed by atoms with Crippen molar-refractivity contribution < 1.29 is 0 Å². The van der Waals surface area contributed by atoms with Crippen molar-refractivity contribution in [3.8, 4) is 0 Å². The minimum atomic E-state index is 0.986. The summed E-state index contributed by atoms with van der Waals surface area (Å²) in [5.74, 6) is 0. The average Bonchev–Trinajstić information content (AvgIpc) is 3.65. The summed E-state index contributed by atoms with van der Waals surface area (Å²) in [6.45, 7) is 0. The first-order chi connectivity index (χ1) is 17.9. The van der Waals surface area contributed by atoms with Gasteiger partial charge in [0.25, 0.3) is 0 Å². The van der Waals surface area contributed by atoms with E-state index < -0.39 is 0 Å². The number of hydrogen-bond donors (Lipinski definition) is 0. The lowest BCUT2D eigenvalue weighted by molar-refractivity contribution is 1.31. The molecule has 0 amide bonds. The average molecular weight is 497 g/mol. The number of benzene rings is 4. The van der Waals surface area contributed by atoms with Crippen LogP contribution in [0.25, 0.3) is 74.0 Å². The molecule has 0 unspecified atom stereocenters. The standard InChI is InChI=1S/C30H16N4S2/c1-7-15-23-17(9-1)25-27-31-19-11-3-5-13-21(19)33(27)30-26(18-10-2-8-16-24(18)36-30)28-32-20-12-4-6-14-22(20)34(28)29(25)35-23/h1-16H. The zero-order valence-electron chi connectivity index (χ0n) is 18.8. The molecule has 168 valence electrons. The van der Waals surface area contributed by atoms with Crippen LogP contribution in [-0.2, 0) is 0 Å². The highest BCUT2D eigenvalue weighted by atomic mass is 32.1. The Hall–Kier alpha value is -4.26. The molecule has 6 heteroatoms. The first-order valence-corrected chi connectivity index (χ1v) is 13.5. The van der Waals surface area contributed by atoms with E-state index in [4.69, 9.17) is 9.97 Å². The van der Waals surface area contributed by atoms with Crippen molar-refractivity contribution in [3.05, 3.63) is 97.1 Å². The maximum atomic E-state index is 5.27. The second-order valence-corrected chi connectivity index (χ2v) is 11.1. The fourth-order valence-electron chi connectivity index (χ4n) is 5.61. The number of hydrogen-bond acceptors (Lipinski definition) is 4.